The summed E-state index contributed by atoms with van der Waals surface area (Å²) in [4.78, 5) is 2.46. The van der Waals surface area contributed by atoms with E-state index >= 15 is 0 Å². The van der Waals surface area contributed by atoms with Gasteiger partial charge in [0.2, 0.25) is 0 Å². The van der Waals surface area contributed by atoms with Crippen LogP contribution in [0.25, 0.3) is 0 Å². The summed E-state index contributed by atoms with van der Waals surface area (Å²) in [6.45, 7) is 4.88. The quantitative estimate of drug-likeness (QED) is 0.815. The number of methoxy groups -OCH3 is 1. The minimum absolute atomic E-state index is 0.738. The van der Waals surface area contributed by atoms with Gasteiger partial charge in [0.05, 0.1) is 7.11 Å². The van der Waals surface area contributed by atoms with Crippen LogP contribution in [0.4, 0.5) is 0 Å². The maximum absolute atomic E-state index is 5.74. The lowest BCUT2D eigenvalue weighted by molar-refractivity contribution is 0.232. The van der Waals surface area contributed by atoms with Gasteiger partial charge in [-0.1, -0.05) is 0 Å². The van der Waals surface area contributed by atoms with Gasteiger partial charge in [0, 0.05) is 13.1 Å². The summed E-state index contributed by atoms with van der Waals surface area (Å²) < 4.78 is 10.9. The molecule has 0 saturated carbocycles. The Kier molecular flexibility index (Phi) is 5.48. The predicted molar refractivity (Wildman–Crippen MR) is 76.7 cm³/mol. The first-order valence-electron chi connectivity index (χ1n) is 7.01. The predicted octanol–water partition coefficient (Wildman–Crippen LogP) is 1.74. The molecule has 1 aromatic carbocycles. The minimum Gasteiger partial charge on any atom is -0.497 e. The largest absolute Gasteiger partial charge is 0.497 e. The van der Waals surface area contributed by atoms with Crippen molar-refractivity contribution in [2.24, 2.45) is 11.7 Å². The third-order valence-corrected chi connectivity index (χ3v) is 3.68. The van der Waals surface area contributed by atoms with E-state index in [-0.39, 0.29) is 0 Å². The second-order valence-electron chi connectivity index (χ2n) is 5.06. The lowest BCUT2D eigenvalue weighted by Crippen LogP contribution is -2.26. The summed E-state index contributed by atoms with van der Waals surface area (Å²) in [7, 11) is 1.67. The number of hydrogen-bond donors (Lipinski definition) is 1. The highest BCUT2D eigenvalue weighted by molar-refractivity contribution is 5.31. The molecular formula is C15H24N2O2. The topological polar surface area (TPSA) is 47.7 Å². The molecule has 0 spiro atoms. The average Bonchev–Trinajstić information content (AvgIpc) is 2.88. The van der Waals surface area contributed by atoms with Crippen molar-refractivity contribution in [3.05, 3.63) is 24.3 Å². The first kappa shape index (κ1) is 14.2. The van der Waals surface area contributed by atoms with E-state index in [1.54, 1.807) is 7.11 Å². The van der Waals surface area contributed by atoms with Crippen molar-refractivity contribution in [1.29, 1.82) is 0 Å². The molecule has 19 heavy (non-hydrogen) atoms. The first-order valence-corrected chi connectivity index (χ1v) is 7.01. The fourth-order valence-electron chi connectivity index (χ4n) is 2.55. The summed E-state index contributed by atoms with van der Waals surface area (Å²) >= 11 is 0. The van der Waals surface area contributed by atoms with Crippen LogP contribution in [-0.2, 0) is 0 Å². The zero-order chi connectivity index (χ0) is 13.5. The van der Waals surface area contributed by atoms with Gasteiger partial charge >= 0.3 is 0 Å². The summed E-state index contributed by atoms with van der Waals surface area (Å²) in [5.74, 6) is 2.54. The van der Waals surface area contributed by atoms with E-state index in [0.29, 0.717) is 0 Å². The fourth-order valence-corrected chi connectivity index (χ4v) is 2.55. The Morgan fingerprint density at radius 2 is 2.00 bits per heavy atom. The lowest BCUT2D eigenvalue weighted by atomic mass is 10.1. The van der Waals surface area contributed by atoms with Crippen molar-refractivity contribution in [2.75, 3.05) is 39.9 Å². The van der Waals surface area contributed by atoms with Gasteiger partial charge in [0.25, 0.3) is 0 Å². The molecule has 2 N–H and O–H groups in total. The van der Waals surface area contributed by atoms with E-state index in [0.717, 1.165) is 43.5 Å². The van der Waals surface area contributed by atoms with Gasteiger partial charge in [0.1, 0.15) is 18.1 Å². The third kappa shape index (κ3) is 4.40. The van der Waals surface area contributed by atoms with Crippen LogP contribution in [0.2, 0.25) is 0 Å². The average molecular weight is 264 g/mol. The highest BCUT2D eigenvalue weighted by atomic mass is 16.5. The Labute approximate surface area is 115 Å². The van der Waals surface area contributed by atoms with Crippen molar-refractivity contribution < 1.29 is 9.47 Å². The van der Waals surface area contributed by atoms with Crippen LogP contribution in [0.5, 0.6) is 11.5 Å². The van der Waals surface area contributed by atoms with Crippen molar-refractivity contribution in [3.63, 3.8) is 0 Å². The fraction of sp³-hybridized carbons (Fsp3) is 0.600. The molecule has 1 aromatic rings. The Hall–Kier alpha value is -1.26. The van der Waals surface area contributed by atoms with Crippen molar-refractivity contribution >= 4 is 0 Å². The highest BCUT2D eigenvalue weighted by Gasteiger charge is 2.21. The van der Waals surface area contributed by atoms with E-state index < -0.39 is 0 Å². The molecule has 1 saturated heterocycles. The van der Waals surface area contributed by atoms with Crippen LogP contribution >= 0.6 is 0 Å². The smallest absolute Gasteiger partial charge is 0.119 e. The van der Waals surface area contributed by atoms with Crippen molar-refractivity contribution in [3.8, 4) is 11.5 Å². The maximum Gasteiger partial charge on any atom is 0.119 e. The van der Waals surface area contributed by atoms with E-state index in [1.165, 1.54) is 19.5 Å². The van der Waals surface area contributed by atoms with Gasteiger partial charge in [-0.05, 0) is 56.1 Å². The monoisotopic (exact) mass is 264 g/mol. The normalized spacial score (nSPS) is 19.6. The molecule has 106 valence electrons. The maximum atomic E-state index is 5.74. The third-order valence-electron chi connectivity index (χ3n) is 3.68. The number of likely N-dealkylation sites (tertiary alicyclic amines) is 1. The molecular weight excluding hydrogens is 240 g/mol. The Morgan fingerprint density at radius 1 is 1.26 bits per heavy atom. The minimum atomic E-state index is 0.738. The molecule has 0 bridgehead atoms. The van der Waals surface area contributed by atoms with Gasteiger partial charge in [-0.2, -0.15) is 0 Å². The highest BCUT2D eigenvalue weighted by Crippen LogP contribution is 2.19. The summed E-state index contributed by atoms with van der Waals surface area (Å²) in [6, 6.07) is 7.73. The van der Waals surface area contributed by atoms with Crippen LogP contribution < -0.4 is 15.2 Å². The van der Waals surface area contributed by atoms with Gasteiger partial charge in [-0.25, -0.2) is 0 Å². The lowest BCUT2D eigenvalue weighted by Gasteiger charge is -2.16. The molecule has 1 atom stereocenters. The Balaban J connectivity index is 1.66. The molecule has 1 unspecified atom stereocenters. The van der Waals surface area contributed by atoms with E-state index in [2.05, 4.69) is 4.90 Å². The molecule has 1 aliphatic rings. The molecule has 0 aromatic heterocycles. The zero-order valence-electron chi connectivity index (χ0n) is 11.7. The van der Waals surface area contributed by atoms with Crippen LogP contribution in [0, 0.1) is 5.92 Å². The molecule has 4 heteroatoms. The summed E-state index contributed by atoms with van der Waals surface area (Å²) in [5, 5.41) is 0. The molecule has 4 nitrogen and oxygen atoms in total. The van der Waals surface area contributed by atoms with Gasteiger partial charge in [-0.15, -0.1) is 0 Å². The molecule has 1 heterocycles. The number of ether oxygens (including phenoxy) is 2. The van der Waals surface area contributed by atoms with E-state index in [9.17, 15) is 0 Å². The number of rotatable bonds is 7. The zero-order valence-corrected chi connectivity index (χ0v) is 11.7. The van der Waals surface area contributed by atoms with E-state index in [4.69, 9.17) is 15.2 Å². The van der Waals surface area contributed by atoms with Crippen LogP contribution in [0.1, 0.15) is 12.8 Å². The molecule has 2 rings (SSSR count). The molecule has 1 fully saturated rings. The van der Waals surface area contributed by atoms with Crippen molar-refractivity contribution in [1.82, 2.24) is 4.90 Å². The van der Waals surface area contributed by atoms with Crippen molar-refractivity contribution in [2.45, 2.75) is 12.8 Å². The molecule has 1 aliphatic heterocycles. The molecule has 0 aliphatic carbocycles. The first-order chi connectivity index (χ1) is 9.31. The SMILES string of the molecule is COc1ccc(OCCN2CCC(CCN)C2)cc1. The molecule has 0 amide bonds. The van der Waals surface area contributed by atoms with Gasteiger partial charge < -0.3 is 15.2 Å². The second kappa shape index (κ2) is 7.36. The standard InChI is InChI=1S/C15H24N2O2/c1-18-14-2-4-15(5-3-14)19-11-10-17-9-7-13(12-17)6-8-16/h2-5,13H,6-12,16H2,1H3. The molecule has 0 radical (unpaired) electrons. The Morgan fingerprint density at radius 3 is 2.68 bits per heavy atom. The Bertz CT molecular complexity index is 367. The van der Waals surface area contributed by atoms with Crippen LogP contribution in [0.15, 0.2) is 24.3 Å². The number of nitrogens with two attached hydrogens (primary N) is 1. The summed E-state index contributed by atoms with van der Waals surface area (Å²) in [5.41, 5.74) is 5.60. The van der Waals surface area contributed by atoms with Crippen LogP contribution in [0.3, 0.4) is 0 Å². The number of hydrogen-bond acceptors (Lipinski definition) is 4. The van der Waals surface area contributed by atoms with Crippen LogP contribution in [-0.4, -0.2) is 44.8 Å². The van der Waals surface area contributed by atoms with Gasteiger partial charge in [0.15, 0.2) is 0 Å². The second-order valence-corrected chi connectivity index (χ2v) is 5.06. The number of benzene rings is 1. The van der Waals surface area contributed by atoms with Gasteiger partial charge in [-0.3, -0.25) is 4.90 Å². The summed E-state index contributed by atoms with van der Waals surface area (Å²) in [6.07, 6.45) is 2.43. The van der Waals surface area contributed by atoms with E-state index in [1.807, 2.05) is 24.3 Å². The number of nitrogens with zero attached hydrogens (tertiary/aromatic N) is 1.